The number of rotatable bonds is 4. The number of hydrazone groups is 1. The molecule has 23 heavy (non-hydrogen) atoms. The summed E-state index contributed by atoms with van der Waals surface area (Å²) in [7, 11) is 1.68. The lowest BCUT2D eigenvalue weighted by Gasteiger charge is -2.34. The molecule has 4 nitrogen and oxygen atoms in total. The Labute approximate surface area is 138 Å². The van der Waals surface area contributed by atoms with Gasteiger partial charge < -0.3 is 9.64 Å². The number of benzene rings is 2. The van der Waals surface area contributed by atoms with E-state index >= 15 is 0 Å². The molecule has 0 atom stereocenters. The van der Waals surface area contributed by atoms with E-state index in [2.05, 4.69) is 59.3 Å². The Morgan fingerprint density at radius 3 is 2.17 bits per heavy atom. The minimum atomic E-state index is 0.873. The highest BCUT2D eigenvalue weighted by Crippen LogP contribution is 2.16. The molecule has 1 fully saturated rings. The first-order chi connectivity index (χ1) is 11.3. The van der Waals surface area contributed by atoms with Crippen LogP contribution in [0.15, 0.2) is 59.7 Å². The average molecular weight is 309 g/mol. The second kappa shape index (κ2) is 7.18. The molecule has 3 rings (SSSR count). The summed E-state index contributed by atoms with van der Waals surface area (Å²) in [6.07, 6.45) is 0. The Kier molecular flexibility index (Phi) is 4.81. The predicted molar refractivity (Wildman–Crippen MR) is 95.4 cm³/mol. The van der Waals surface area contributed by atoms with E-state index in [0.717, 1.165) is 43.2 Å². The fourth-order valence-corrected chi connectivity index (χ4v) is 2.79. The van der Waals surface area contributed by atoms with Crippen molar-refractivity contribution in [3.05, 3.63) is 60.2 Å². The van der Waals surface area contributed by atoms with Crippen LogP contribution in [0, 0.1) is 0 Å². The first-order valence-corrected chi connectivity index (χ1v) is 8.01. The summed E-state index contributed by atoms with van der Waals surface area (Å²) >= 11 is 0. The molecule has 1 heterocycles. The van der Waals surface area contributed by atoms with Crippen LogP contribution in [0.3, 0.4) is 0 Å². The van der Waals surface area contributed by atoms with Gasteiger partial charge in [0.1, 0.15) is 5.75 Å². The second-order valence-corrected chi connectivity index (χ2v) is 5.69. The molecule has 0 N–H and O–H groups in total. The lowest BCUT2D eigenvalue weighted by Crippen LogP contribution is -2.44. The van der Waals surface area contributed by atoms with E-state index in [1.54, 1.807) is 7.11 Å². The van der Waals surface area contributed by atoms with Crippen LogP contribution in [-0.2, 0) is 0 Å². The summed E-state index contributed by atoms with van der Waals surface area (Å²) in [5, 5.41) is 6.94. The van der Waals surface area contributed by atoms with Crippen molar-refractivity contribution >= 4 is 11.4 Å². The third-order valence-corrected chi connectivity index (χ3v) is 4.18. The Morgan fingerprint density at radius 1 is 0.913 bits per heavy atom. The number of piperazine rings is 1. The highest BCUT2D eigenvalue weighted by Gasteiger charge is 2.16. The fraction of sp³-hybridized carbons (Fsp3) is 0.316. The maximum Gasteiger partial charge on any atom is 0.118 e. The number of anilines is 1. The Bertz CT molecular complexity index is 644. The number of methoxy groups -OCH3 is 1. The molecule has 2 aromatic rings. The summed E-state index contributed by atoms with van der Waals surface area (Å²) in [4.78, 5) is 2.41. The van der Waals surface area contributed by atoms with Gasteiger partial charge in [-0.2, -0.15) is 5.10 Å². The van der Waals surface area contributed by atoms with Crippen molar-refractivity contribution in [3.63, 3.8) is 0 Å². The fourth-order valence-electron chi connectivity index (χ4n) is 2.79. The first kappa shape index (κ1) is 15.4. The van der Waals surface area contributed by atoms with E-state index in [1.165, 1.54) is 5.69 Å². The van der Waals surface area contributed by atoms with Gasteiger partial charge in [-0.3, -0.25) is 5.01 Å². The molecular weight excluding hydrogens is 286 g/mol. The van der Waals surface area contributed by atoms with E-state index in [0.29, 0.717) is 0 Å². The maximum atomic E-state index is 5.20. The summed E-state index contributed by atoms with van der Waals surface area (Å²) in [5.74, 6) is 0.873. The largest absolute Gasteiger partial charge is 0.497 e. The predicted octanol–water partition coefficient (Wildman–Crippen LogP) is 3.24. The quantitative estimate of drug-likeness (QED) is 0.812. The van der Waals surface area contributed by atoms with Crippen molar-refractivity contribution < 1.29 is 4.74 Å². The summed E-state index contributed by atoms with van der Waals surface area (Å²) in [6.45, 7) is 5.96. The SMILES string of the molecule is COc1ccc(/C(C)=N\N2CCN(c3ccccc3)CC2)cc1. The summed E-state index contributed by atoms with van der Waals surface area (Å²) < 4.78 is 5.20. The number of ether oxygens (including phenoxy) is 1. The molecule has 2 aromatic carbocycles. The Morgan fingerprint density at radius 2 is 1.57 bits per heavy atom. The third kappa shape index (κ3) is 3.83. The number of hydrogen-bond acceptors (Lipinski definition) is 4. The van der Waals surface area contributed by atoms with Crippen LogP contribution in [0.5, 0.6) is 5.75 Å². The van der Waals surface area contributed by atoms with Crippen LogP contribution in [0.1, 0.15) is 12.5 Å². The number of para-hydroxylation sites is 1. The van der Waals surface area contributed by atoms with Crippen LogP contribution >= 0.6 is 0 Å². The topological polar surface area (TPSA) is 28.1 Å². The lowest BCUT2D eigenvalue weighted by molar-refractivity contribution is 0.270. The molecule has 1 aliphatic heterocycles. The van der Waals surface area contributed by atoms with Crippen molar-refractivity contribution in [1.82, 2.24) is 5.01 Å². The van der Waals surface area contributed by atoms with Crippen LogP contribution < -0.4 is 9.64 Å². The van der Waals surface area contributed by atoms with Crippen molar-refractivity contribution in [2.24, 2.45) is 5.10 Å². The van der Waals surface area contributed by atoms with Crippen molar-refractivity contribution in [2.75, 3.05) is 38.2 Å². The van der Waals surface area contributed by atoms with Gasteiger partial charge in [-0.1, -0.05) is 18.2 Å². The van der Waals surface area contributed by atoms with Crippen LogP contribution in [0.4, 0.5) is 5.69 Å². The lowest BCUT2D eigenvalue weighted by atomic mass is 10.1. The molecule has 0 amide bonds. The van der Waals surface area contributed by atoms with Gasteiger partial charge >= 0.3 is 0 Å². The molecule has 4 heteroatoms. The summed E-state index contributed by atoms with van der Waals surface area (Å²) in [5.41, 5.74) is 3.47. The molecule has 0 aromatic heterocycles. The van der Waals surface area contributed by atoms with Gasteiger partial charge in [0.15, 0.2) is 0 Å². The first-order valence-electron chi connectivity index (χ1n) is 8.01. The van der Waals surface area contributed by atoms with Gasteiger partial charge in [0, 0.05) is 18.8 Å². The van der Waals surface area contributed by atoms with Gasteiger partial charge in [-0.15, -0.1) is 0 Å². The number of hydrogen-bond donors (Lipinski definition) is 0. The van der Waals surface area contributed by atoms with Gasteiger partial charge in [0.2, 0.25) is 0 Å². The van der Waals surface area contributed by atoms with E-state index in [1.807, 2.05) is 12.1 Å². The van der Waals surface area contributed by atoms with Gasteiger partial charge in [0.25, 0.3) is 0 Å². The minimum Gasteiger partial charge on any atom is -0.497 e. The van der Waals surface area contributed by atoms with Crippen molar-refractivity contribution in [2.45, 2.75) is 6.92 Å². The normalized spacial score (nSPS) is 15.7. The molecule has 0 bridgehead atoms. The van der Waals surface area contributed by atoms with Crippen molar-refractivity contribution in [1.29, 1.82) is 0 Å². The van der Waals surface area contributed by atoms with Gasteiger partial charge in [-0.05, 0) is 48.9 Å². The molecule has 1 saturated heterocycles. The molecule has 0 radical (unpaired) electrons. The summed E-state index contributed by atoms with van der Waals surface area (Å²) in [6, 6.07) is 18.6. The second-order valence-electron chi connectivity index (χ2n) is 5.69. The Balaban J connectivity index is 1.60. The van der Waals surface area contributed by atoms with Crippen LogP contribution in [0.25, 0.3) is 0 Å². The van der Waals surface area contributed by atoms with E-state index in [-0.39, 0.29) is 0 Å². The van der Waals surface area contributed by atoms with Crippen molar-refractivity contribution in [3.8, 4) is 5.75 Å². The molecule has 0 saturated carbocycles. The zero-order chi connectivity index (χ0) is 16.1. The molecule has 0 aliphatic carbocycles. The molecular formula is C19H23N3O. The third-order valence-electron chi connectivity index (χ3n) is 4.18. The van der Waals surface area contributed by atoms with Crippen LogP contribution in [-0.4, -0.2) is 44.0 Å². The molecule has 0 unspecified atom stereocenters. The Hall–Kier alpha value is -2.49. The standard InChI is InChI=1S/C19H23N3O/c1-16(17-8-10-19(23-2)11-9-17)20-22-14-12-21(13-15-22)18-6-4-3-5-7-18/h3-11H,12-15H2,1-2H3/b20-16-. The minimum absolute atomic E-state index is 0.873. The maximum absolute atomic E-state index is 5.20. The monoisotopic (exact) mass is 309 g/mol. The van der Waals surface area contributed by atoms with Gasteiger partial charge in [0.05, 0.1) is 25.9 Å². The van der Waals surface area contributed by atoms with Crippen LogP contribution in [0.2, 0.25) is 0 Å². The smallest absolute Gasteiger partial charge is 0.118 e. The molecule has 120 valence electrons. The highest BCUT2D eigenvalue weighted by molar-refractivity contribution is 5.98. The van der Waals surface area contributed by atoms with E-state index in [9.17, 15) is 0 Å². The molecule has 1 aliphatic rings. The zero-order valence-electron chi connectivity index (χ0n) is 13.8. The van der Waals surface area contributed by atoms with E-state index < -0.39 is 0 Å². The highest BCUT2D eigenvalue weighted by atomic mass is 16.5. The number of nitrogens with zero attached hydrogens (tertiary/aromatic N) is 3. The molecule has 0 spiro atoms. The zero-order valence-corrected chi connectivity index (χ0v) is 13.8. The van der Waals surface area contributed by atoms with E-state index in [4.69, 9.17) is 9.84 Å². The van der Waals surface area contributed by atoms with Gasteiger partial charge in [-0.25, -0.2) is 0 Å². The average Bonchev–Trinajstić information content (AvgIpc) is 2.63.